The van der Waals surface area contributed by atoms with Crippen molar-refractivity contribution >= 4 is 16.5 Å². The number of hydrogen-bond acceptors (Lipinski definition) is 1. The molecule has 3 aromatic rings. The zero-order chi connectivity index (χ0) is 13.9. The lowest BCUT2D eigenvalue weighted by molar-refractivity contribution is 1.14. The maximum atomic E-state index is 3.53. The van der Waals surface area contributed by atoms with Crippen LogP contribution in [0.5, 0.6) is 0 Å². The van der Waals surface area contributed by atoms with Crippen molar-refractivity contribution in [2.75, 3.05) is 5.32 Å². The molecule has 0 aliphatic heterocycles. The minimum Gasteiger partial charge on any atom is -0.381 e. The molecule has 1 heteroatoms. The highest BCUT2D eigenvalue weighted by molar-refractivity contribution is 5.83. The molecule has 0 heterocycles. The lowest BCUT2D eigenvalue weighted by Gasteiger charge is -2.11. The van der Waals surface area contributed by atoms with Crippen LogP contribution in [0.25, 0.3) is 10.8 Å². The van der Waals surface area contributed by atoms with Gasteiger partial charge < -0.3 is 5.32 Å². The Morgan fingerprint density at radius 1 is 0.800 bits per heavy atom. The molecule has 1 N–H and O–H groups in total. The molecule has 0 aliphatic rings. The molecule has 1 nitrogen and oxygen atoms in total. The van der Waals surface area contributed by atoms with Crippen LogP contribution in [0.1, 0.15) is 16.7 Å². The van der Waals surface area contributed by atoms with Crippen molar-refractivity contribution in [1.82, 2.24) is 0 Å². The van der Waals surface area contributed by atoms with Gasteiger partial charge in [-0.15, -0.1) is 0 Å². The number of rotatable bonds is 3. The van der Waals surface area contributed by atoms with Gasteiger partial charge in [0, 0.05) is 12.2 Å². The molecule has 0 amide bonds. The van der Waals surface area contributed by atoms with Gasteiger partial charge >= 0.3 is 0 Å². The molecule has 20 heavy (non-hydrogen) atoms. The van der Waals surface area contributed by atoms with Crippen molar-refractivity contribution in [3.05, 3.63) is 77.4 Å². The maximum Gasteiger partial charge on any atom is 0.0401 e. The highest BCUT2D eigenvalue weighted by atomic mass is 14.9. The summed E-state index contributed by atoms with van der Waals surface area (Å²) < 4.78 is 0. The van der Waals surface area contributed by atoms with E-state index in [1.165, 1.54) is 33.2 Å². The average Bonchev–Trinajstić information content (AvgIpc) is 2.48. The highest BCUT2D eigenvalue weighted by Crippen LogP contribution is 2.19. The fourth-order valence-electron chi connectivity index (χ4n) is 2.47. The monoisotopic (exact) mass is 261 g/mol. The van der Waals surface area contributed by atoms with E-state index < -0.39 is 0 Å². The Kier molecular flexibility index (Phi) is 3.42. The van der Waals surface area contributed by atoms with E-state index in [0.717, 1.165) is 6.54 Å². The second kappa shape index (κ2) is 5.38. The van der Waals surface area contributed by atoms with Gasteiger partial charge in [0.1, 0.15) is 0 Å². The largest absolute Gasteiger partial charge is 0.381 e. The van der Waals surface area contributed by atoms with Crippen molar-refractivity contribution in [2.45, 2.75) is 20.4 Å². The van der Waals surface area contributed by atoms with Crippen LogP contribution in [0.3, 0.4) is 0 Å². The second-order valence-corrected chi connectivity index (χ2v) is 5.35. The van der Waals surface area contributed by atoms with Gasteiger partial charge in [-0.2, -0.15) is 0 Å². The predicted octanol–water partition coefficient (Wildman–Crippen LogP) is 5.07. The van der Waals surface area contributed by atoms with Crippen molar-refractivity contribution in [3.63, 3.8) is 0 Å². The van der Waals surface area contributed by atoms with E-state index in [2.05, 4.69) is 79.8 Å². The third kappa shape index (κ3) is 2.67. The molecule has 0 saturated heterocycles. The number of fused-ring (bicyclic) bond motifs is 1. The van der Waals surface area contributed by atoms with Gasteiger partial charge in [-0.1, -0.05) is 48.5 Å². The van der Waals surface area contributed by atoms with Crippen LogP contribution in [-0.4, -0.2) is 0 Å². The SMILES string of the molecule is Cc1ccc(C)c(NCc2ccc3ccccc3c2)c1. The molecule has 0 aromatic heterocycles. The summed E-state index contributed by atoms with van der Waals surface area (Å²) in [5.41, 5.74) is 5.11. The Morgan fingerprint density at radius 2 is 1.60 bits per heavy atom. The van der Waals surface area contributed by atoms with E-state index >= 15 is 0 Å². The zero-order valence-corrected chi connectivity index (χ0v) is 12.0. The molecule has 0 atom stereocenters. The summed E-state index contributed by atoms with van der Waals surface area (Å²) in [4.78, 5) is 0. The van der Waals surface area contributed by atoms with Crippen molar-refractivity contribution in [2.24, 2.45) is 0 Å². The smallest absolute Gasteiger partial charge is 0.0401 e. The molecule has 0 spiro atoms. The quantitative estimate of drug-likeness (QED) is 0.694. The first-order chi connectivity index (χ1) is 9.72. The van der Waals surface area contributed by atoms with Gasteiger partial charge in [-0.3, -0.25) is 0 Å². The molecule has 0 aliphatic carbocycles. The van der Waals surface area contributed by atoms with Crippen LogP contribution in [0.4, 0.5) is 5.69 Å². The van der Waals surface area contributed by atoms with Crippen LogP contribution in [0.2, 0.25) is 0 Å². The predicted molar refractivity (Wildman–Crippen MR) is 87.2 cm³/mol. The Bertz CT molecular complexity index is 744. The fourth-order valence-corrected chi connectivity index (χ4v) is 2.47. The van der Waals surface area contributed by atoms with Gasteiger partial charge in [0.15, 0.2) is 0 Å². The maximum absolute atomic E-state index is 3.53. The van der Waals surface area contributed by atoms with Gasteiger partial charge in [-0.25, -0.2) is 0 Å². The molecular formula is C19H19N. The summed E-state index contributed by atoms with van der Waals surface area (Å²) in [6.45, 7) is 5.12. The summed E-state index contributed by atoms with van der Waals surface area (Å²) in [5, 5.41) is 6.13. The van der Waals surface area contributed by atoms with Crippen LogP contribution in [0, 0.1) is 13.8 Å². The third-order valence-corrected chi connectivity index (χ3v) is 3.69. The third-order valence-electron chi connectivity index (χ3n) is 3.69. The fraction of sp³-hybridized carbons (Fsp3) is 0.158. The molecule has 0 fully saturated rings. The summed E-state index contributed by atoms with van der Waals surface area (Å²) in [7, 11) is 0. The molecular weight excluding hydrogens is 242 g/mol. The topological polar surface area (TPSA) is 12.0 Å². The van der Waals surface area contributed by atoms with E-state index in [0.29, 0.717) is 0 Å². The standard InChI is InChI=1S/C19H19N/c1-14-7-8-15(2)19(11-14)20-13-16-9-10-17-5-3-4-6-18(17)12-16/h3-12,20H,13H2,1-2H3. The van der Waals surface area contributed by atoms with E-state index in [-0.39, 0.29) is 0 Å². The lowest BCUT2D eigenvalue weighted by atomic mass is 10.1. The molecule has 0 saturated carbocycles. The summed E-state index contributed by atoms with van der Waals surface area (Å²) >= 11 is 0. The summed E-state index contributed by atoms with van der Waals surface area (Å²) in [6, 6.07) is 21.6. The molecule has 100 valence electrons. The van der Waals surface area contributed by atoms with Crippen LogP contribution in [0.15, 0.2) is 60.7 Å². The highest BCUT2D eigenvalue weighted by Gasteiger charge is 2.00. The first-order valence-corrected chi connectivity index (χ1v) is 7.01. The van der Waals surface area contributed by atoms with Crippen molar-refractivity contribution < 1.29 is 0 Å². The van der Waals surface area contributed by atoms with Gasteiger partial charge in [-0.05, 0) is 53.4 Å². The van der Waals surface area contributed by atoms with Crippen LogP contribution < -0.4 is 5.32 Å². The lowest BCUT2D eigenvalue weighted by Crippen LogP contribution is -2.01. The number of aryl methyl sites for hydroxylation is 2. The molecule has 0 unspecified atom stereocenters. The summed E-state index contributed by atoms with van der Waals surface area (Å²) in [6.07, 6.45) is 0. The first kappa shape index (κ1) is 12.7. The zero-order valence-electron chi connectivity index (χ0n) is 12.0. The summed E-state index contributed by atoms with van der Waals surface area (Å²) in [5.74, 6) is 0. The second-order valence-electron chi connectivity index (χ2n) is 5.35. The minimum absolute atomic E-state index is 0.856. The number of anilines is 1. The Labute approximate surface area is 120 Å². The molecule has 3 rings (SSSR count). The van der Waals surface area contributed by atoms with Gasteiger partial charge in [0.05, 0.1) is 0 Å². The minimum atomic E-state index is 0.856. The van der Waals surface area contributed by atoms with Gasteiger partial charge in [0.25, 0.3) is 0 Å². The molecule has 3 aromatic carbocycles. The van der Waals surface area contributed by atoms with E-state index in [9.17, 15) is 0 Å². The Morgan fingerprint density at radius 3 is 2.45 bits per heavy atom. The first-order valence-electron chi connectivity index (χ1n) is 7.01. The normalized spacial score (nSPS) is 10.7. The van der Waals surface area contributed by atoms with Crippen LogP contribution in [-0.2, 0) is 6.54 Å². The number of benzene rings is 3. The van der Waals surface area contributed by atoms with Crippen molar-refractivity contribution in [3.8, 4) is 0 Å². The van der Waals surface area contributed by atoms with Crippen molar-refractivity contribution in [1.29, 1.82) is 0 Å². The van der Waals surface area contributed by atoms with E-state index in [1.807, 2.05) is 0 Å². The number of nitrogens with one attached hydrogen (secondary N) is 1. The number of hydrogen-bond donors (Lipinski definition) is 1. The van der Waals surface area contributed by atoms with Gasteiger partial charge in [0.2, 0.25) is 0 Å². The van der Waals surface area contributed by atoms with Crippen LogP contribution >= 0.6 is 0 Å². The molecule has 0 radical (unpaired) electrons. The molecule has 0 bridgehead atoms. The van der Waals surface area contributed by atoms with E-state index in [1.54, 1.807) is 0 Å². The average molecular weight is 261 g/mol. The Balaban J connectivity index is 1.81. The Hall–Kier alpha value is -2.28. The van der Waals surface area contributed by atoms with E-state index in [4.69, 9.17) is 0 Å².